The average Bonchev–Trinajstić information content (AvgIpc) is 3.06. The zero-order chi connectivity index (χ0) is 37.8. The van der Waals surface area contributed by atoms with Crippen LogP contribution in [0.25, 0.3) is 0 Å². The predicted molar refractivity (Wildman–Crippen MR) is 205 cm³/mol. The van der Waals surface area contributed by atoms with Crippen LogP contribution in [0.5, 0.6) is 0 Å². The lowest BCUT2D eigenvalue weighted by Crippen LogP contribution is -2.45. The van der Waals surface area contributed by atoms with E-state index in [1.165, 1.54) is 23.6 Å². The first-order chi connectivity index (χ1) is 22.7. The lowest BCUT2D eigenvalue weighted by Gasteiger charge is -2.32. The molecule has 0 amide bonds. The molecule has 9 heteroatoms. The molecule has 0 aliphatic rings. The van der Waals surface area contributed by atoms with Crippen LogP contribution < -0.4 is 10.9 Å². The van der Waals surface area contributed by atoms with Crippen molar-refractivity contribution in [2.24, 2.45) is 5.84 Å². The van der Waals surface area contributed by atoms with Gasteiger partial charge in [-0.25, -0.2) is 10.2 Å². The van der Waals surface area contributed by atoms with Crippen molar-refractivity contribution < 1.29 is 22.7 Å². The first kappa shape index (κ1) is 49.8. The van der Waals surface area contributed by atoms with Gasteiger partial charge in [-0.2, -0.15) is 13.2 Å². The summed E-state index contributed by atoms with van der Waals surface area (Å²) in [7, 11) is 0. The van der Waals surface area contributed by atoms with E-state index >= 15 is 0 Å². The Hall–Kier alpha value is -2.62. The highest BCUT2D eigenvalue weighted by molar-refractivity contribution is 9.11. The van der Waals surface area contributed by atoms with Gasteiger partial charge < -0.3 is 10.0 Å². The number of hydrazine groups is 1. The van der Waals surface area contributed by atoms with E-state index in [1.54, 1.807) is 43.4 Å². The number of allylic oxidation sites excluding steroid dienone is 8. The number of nitrogens with two attached hydrogens (primary N) is 1. The summed E-state index contributed by atoms with van der Waals surface area (Å²) in [6, 6.07) is 5.69. The number of aliphatic hydroxyl groups is 1. The van der Waals surface area contributed by atoms with Crippen LogP contribution in [-0.2, 0) is 0 Å². The Bertz CT molecular complexity index is 1120. The van der Waals surface area contributed by atoms with Crippen LogP contribution in [0.3, 0.4) is 0 Å². The minimum atomic E-state index is -4.77. The number of hydrogen-bond acceptors (Lipinski definition) is 4. The zero-order valence-corrected chi connectivity index (χ0v) is 32.8. The lowest BCUT2D eigenvalue weighted by molar-refractivity contribution is -0.265. The van der Waals surface area contributed by atoms with Gasteiger partial charge in [-0.3, -0.25) is 5.01 Å². The molecular weight excluding hydrogens is 682 g/mol. The van der Waals surface area contributed by atoms with Gasteiger partial charge in [-0.15, -0.1) is 6.58 Å². The summed E-state index contributed by atoms with van der Waals surface area (Å²) in [6.45, 7) is 24.3. The van der Waals surface area contributed by atoms with Crippen molar-refractivity contribution in [2.75, 3.05) is 18.1 Å². The van der Waals surface area contributed by atoms with Crippen molar-refractivity contribution in [3.05, 3.63) is 101 Å². The summed E-state index contributed by atoms with van der Waals surface area (Å²) >= 11 is 3.47. The van der Waals surface area contributed by atoms with Crippen molar-refractivity contribution in [1.82, 2.24) is 4.90 Å². The fraction of sp³-hybridized carbons (Fsp3) is 0.538. The Kier molecular flexibility index (Phi) is 30.4. The minimum Gasteiger partial charge on any atom is -0.380 e. The highest BCUT2D eigenvalue weighted by Crippen LogP contribution is 2.38. The maximum absolute atomic E-state index is 14.1. The number of alkyl halides is 3. The van der Waals surface area contributed by atoms with Crippen LogP contribution >= 0.6 is 15.9 Å². The SMILES string of the molecule is C=CC/C=C\N(C/C=C(/Br)CC)CCCC(O)(CCC(/C=C\C(=C(C)C)N(N)c1ccc(F)cc1)=C/C)C(F)(F)F.CC.CC.CCC. The number of halogens is 5. The third-order valence-corrected chi connectivity index (χ3v) is 7.48. The van der Waals surface area contributed by atoms with Crippen molar-refractivity contribution in [2.45, 2.75) is 126 Å². The fourth-order valence-corrected chi connectivity index (χ4v) is 4.11. The normalized spacial score (nSPS) is 12.9. The van der Waals surface area contributed by atoms with E-state index in [2.05, 4.69) is 36.4 Å². The topological polar surface area (TPSA) is 52.7 Å². The smallest absolute Gasteiger partial charge is 0.380 e. The molecule has 0 saturated carbocycles. The van der Waals surface area contributed by atoms with E-state index in [-0.39, 0.29) is 18.7 Å². The van der Waals surface area contributed by atoms with Gasteiger partial charge in [0.1, 0.15) is 5.82 Å². The Morgan fingerprint density at radius 2 is 1.56 bits per heavy atom. The van der Waals surface area contributed by atoms with Crippen molar-refractivity contribution in [3.63, 3.8) is 0 Å². The molecule has 4 nitrogen and oxygen atoms in total. The van der Waals surface area contributed by atoms with E-state index in [4.69, 9.17) is 5.84 Å². The summed E-state index contributed by atoms with van der Waals surface area (Å²) in [4.78, 5) is 1.93. The zero-order valence-electron chi connectivity index (χ0n) is 31.2. The Morgan fingerprint density at radius 3 is 2.02 bits per heavy atom. The van der Waals surface area contributed by atoms with Crippen LogP contribution in [0.4, 0.5) is 23.2 Å². The second kappa shape index (κ2) is 29.3. The monoisotopic (exact) mass is 745 g/mol. The average molecular weight is 747 g/mol. The molecule has 0 aliphatic heterocycles. The van der Waals surface area contributed by atoms with Gasteiger partial charge in [-0.1, -0.05) is 112 Å². The molecule has 1 unspecified atom stereocenters. The number of hydrogen-bond donors (Lipinski definition) is 2. The predicted octanol–water partition coefficient (Wildman–Crippen LogP) is 12.7. The van der Waals surface area contributed by atoms with Gasteiger partial charge >= 0.3 is 6.18 Å². The van der Waals surface area contributed by atoms with Gasteiger partial charge in [0.15, 0.2) is 5.60 Å². The maximum Gasteiger partial charge on any atom is 0.417 e. The van der Waals surface area contributed by atoms with E-state index in [0.29, 0.717) is 36.5 Å². The maximum atomic E-state index is 14.1. The molecule has 0 radical (unpaired) electrons. The number of rotatable bonds is 17. The molecule has 0 aliphatic carbocycles. The molecule has 1 rings (SSSR count). The largest absolute Gasteiger partial charge is 0.417 e. The van der Waals surface area contributed by atoms with E-state index in [1.807, 2.05) is 71.7 Å². The molecule has 0 spiro atoms. The van der Waals surface area contributed by atoms with Crippen molar-refractivity contribution in [1.29, 1.82) is 0 Å². The first-order valence-corrected chi connectivity index (χ1v) is 17.9. The Morgan fingerprint density at radius 1 is 1.00 bits per heavy atom. The summed E-state index contributed by atoms with van der Waals surface area (Å²) in [5.41, 5.74) is -0.147. The van der Waals surface area contributed by atoms with Gasteiger partial charge in [0.05, 0.1) is 11.4 Å². The molecule has 48 heavy (non-hydrogen) atoms. The van der Waals surface area contributed by atoms with Gasteiger partial charge in [0.25, 0.3) is 0 Å². The Balaban J connectivity index is -0.00000268. The van der Waals surface area contributed by atoms with Gasteiger partial charge in [0, 0.05) is 13.1 Å². The highest BCUT2D eigenvalue weighted by atomic mass is 79.9. The van der Waals surface area contributed by atoms with Crippen LogP contribution in [0.1, 0.15) is 114 Å². The third kappa shape index (κ3) is 21.4. The Labute approximate surface area is 299 Å². The molecule has 0 saturated heterocycles. The first-order valence-electron chi connectivity index (χ1n) is 17.2. The molecule has 0 bridgehead atoms. The summed E-state index contributed by atoms with van der Waals surface area (Å²) in [6.07, 6.45) is 9.89. The van der Waals surface area contributed by atoms with Gasteiger partial charge in [-0.05, 0) is 100 Å². The van der Waals surface area contributed by atoms with Crippen LogP contribution in [0, 0.1) is 5.82 Å². The number of anilines is 1. The minimum absolute atomic E-state index is 0.0231. The number of nitrogens with zero attached hydrogens (tertiary/aromatic N) is 2. The van der Waals surface area contributed by atoms with Crippen molar-refractivity contribution in [3.8, 4) is 0 Å². The quantitative estimate of drug-likeness (QED) is 0.0548. The van der Waals surface area contributed by atoms with Crippen LogP contribution in [-0.4, -0.2) is 34.9 Å². The van der Waals surface area contributed by atoms with Crippen molar-refractivity contribution >= 4 is 21.6 Å². The molecule has 0 fully saturated rings. The van der Waals surface area contributed by atoms with Gasteiger partial charge in [0.2, 0.25) is 0 Å². The summed E-state index contributed by atoms with van der Waals surface area (Å²) in [5, 5.41) is 12.2. The standard InChI is InChI=1S/C32H44BrF4N3O.C3H8.2C2H6/c1-6-9-10-22-39(24-19-27(33)8-3)23-11-20-31(41,32(35,36)37)21-18-26(7-2)12-17-30(25(4)5)40(38)29-15-13-28(34)14-16-29;1-3-2;2*1-2/h6-7,10,12-17,19,22,41H,1,8-9,11,18,20-21,23-24,38H2,2-5H3;3H2,1-2H3;2*1-2H3/b17-12-,22-10-,26-7+,27-19+;;;. The molecule has 0 heterocycles. The number of benzene rings is 1. The van der Waals surface area contributed by atoms with Crippen LogP contribution in [0.15, 0.2) is 94.8 Å². The molecule has 276 valence electrons. The van der Waals surface area contributed by atoms with E-state index in [0.717, 1.165) is 16.5 Å². The second-order valence-electron chi connectivity index (χ2n) is 10.7. The van der Waals surface area contributed by atoms with E-state index < -0.39 is 24.6 Å². The summed E-state index contributed by atoms with van der Waals surface area (Å²) in [5.74, 6) is 5.87. The second-order valence-corrected chi connectivity index (χ2v) is 11.7. The molecule has 1 aromatic rings. The molecule has 1 aromatic carbocycles. The summed E-state index contributed by atoms with van der Waals surface area (Å²) < 4.78 is 56.6. The highest BCUT2D eigenvalue weighted by Gasteiger charge is 2.52. The molecule has 1 atom stereocenters. The van der Waals surface area contributed by atoms with Crippen LogP contribution in [0.2, 0.25) is 0 Å². The molecule has 0 aromatic heterocycles. The third-order valence-electron chi connectivity index (χ3n) is 6.60. The molecular formula is C39H64BrF4N3O. The van der Waals surface area contributed by atoms with E-state index in [9.17, 15) is 22.7 Å². The fourth-order valence-electron chi connectivity index (χ4n) is 3.97. The lowest BCUT2D eigenvalue weighted by atomic mass is 9.89. The molecule has 3 N–H and O–H groups in total.